The minimum absolute atomic E-state index is 0.221. The maximum atomic E-state index is 10.0. The van der Waals surface area contributed by atoms with E-state index in [1.54, 1.807) is 0 Å². The van der Waals surface area contributed by atoms with Crippen molar-refractivity contribution < 1.29 is 9.59 Å². The molecule has 0 saturated carbocycles. The van der Waals surface area contributed by atoms with Gasteiger partial charge in [0.2, 0.25) is 5.91 Å². The summed E-state index contributed by atoms with van der Waals surface area (Å²) < 4.78 is 0. The molecule has 5 N–H and O–H groups in total. The van der Waals surface area contributed by atoms with Crippen molar-refractivity contribution in [1.29, 1.82) is 0 Å². The fourth-order valence-corrected chi connectivity index (χ4v) is 0.335. The molecule has 0 fully saturated rings. The molecule has 0 heterocycles. The Morgan fingerprint density at radius 3 is 2.40 bits per heavy atom. The van der Waals surface area contributed by atoms with E-state index in [1.165, 1.54) is 6.08 Å². The van der Waals surface area contributed by atoms with E-state index in [9.17, 15) is 9.59 Å². The van der Waals surface area contributed by atoms with Gasteiger partial charge in [-0.1, -0.05) is 6.08 Å². The average molecular weight is 143 g/mol. The minimum Gasteiger partial charge on any atom is -0.366 e. The summed E-state index contributed by atoms with van der Waals surface area (Å²) in [6.07, 6.45) is 2.56. The number of primary amides is 2. The highest BCUT2D eigenvalue weighted by Crippen LogP contribution is 1.67. The highest BCUT2D eigenvalue weighted by Gasteiger charge is 1.85. The number of carbonyl (C=O) groups is 2. The van der Waals surface area contributed by atoms with Gasteiger partial charge in [-0.2, -0.15) is 0 Å². The SMILES string of the molecule is NC(=O)C=CCNC(N)=O. The molecule has 0 aliphatic rings. The van der Waals surface area contributed by atoms with Crippen molar-refractivity contribution in [2.24, 2.45) is 11.5 Å². The number of urea groups is 1. The van der Waals surface area contributed by atoms with Gasteiger partial charge in [-0.3, -0.25) is 4.79 Å². The molecule has 0 spiro atoms. The number of hydrogen-bond donors (Lipinski definition) is 3. The van der Waals surface area contributed by atoms with Crippen LogP contribution in [-0.4, -0.2) is 18.5 Å². The van der Waals surface area contributed by atoms with Crippen LogP contribution in [0.3, 0.4) is 0 Å². The first-order chi connectivity index (χ1) is 4.63. The first-order valence-corrected chi connectivity index (χ1v) is 2.62. The van der Waals surface area contributed by atoms with Gasteiger partial charge in [-0.15, -0.1) is 0 Å². The van der Waals surface area contributed by atoms with Crippen LogP contribution in [0.25, 0.3) is 0 Å². The summed E-state index contributed by atoms with van der Waals surface area (Å²) in [7, 11) is 0. The van der Waals surface area contributed by atoms with Crippen LogP contribution in [-0.2, 0) is 4.79 Å². The zero-order chi connectivity index (χ0) is 7.98. The second-order valence-electron chi connectivity index (χ2n) is 1.55. The Bertz CT molecular complexity index is 164. The standard InChI is InChI=1S/C5H9N3O2/c6-4(9)2-1-3-8-5(7)10/h1-2H,3H2,(H2,6,9)(H3,7,8,10). The van der Waals surface area contributed by atoms with E-state index in [0.29, 0.717) is 0 Å². The highest BCUT2D eigenvalue weighted by molar-refractivity contribution is 5.85. The van der Waals surface area contributed by atoms with Crippen LogP contribution in [0.15, 0.2) is 12.2 Å². The molecule has 5 heteroatoms. The van der Waals surface area contributed by atoms with Crippen LogP contribution in [0.2, 0.25) is 0 Å². The zero-order valence-electron chi connectivity index (χ0n) is 5.33. The van der Waals surface area contributed by atoms with Crippen LogP contribution in [0, 0.1) is 0 Å². The van der Waals surface area contributed by atoms with E-state index in [2.05, 4.69) is 5.32 Å². The second kappa shape index (κ2) is 4.37. The van der Waals surface area contributed by atoms with Gasteiger partial charge in [0.1, 0.15) is 0 Å². The summed E-state index contributed by atoms with van der Waals surface area (Å²) in [5, 5.41) is 2.25. The third kappa shape index (κ3) is 6.48. The smallest absolute Gasteiger partial charge is 0.312 e. The quantitative estimate of drug-likeness (QED) is 0.428. The molecule has 0 unspecified atom stereocenters. The summed E-state index contributed by atoms with van der Waals surface area (Å²) in [5.41, 5.74) is 9.45. The Hall–Kier alpha value is -1.52. The van der Waals surface area contributed by atoms with Crippen molar-refractivity contribution in [3.63, 3.8) is 0 Å². The molecular formula is C5H9N3O2. The van der Waals surface area contributed by atoms with E-state index in [1.807, 2.05) is 0 Å². The molecule has 10 heavy (non-hydrogen) atoms. The predicted molar refractivity (Wildman–Crippen MR) is 35.9 cm³/mol. The maximum absolute atomic E-state index is 10.0. The van der Waals surface area contributed by atoms with Crippen molar-refractivity contribution in [3.8, 4) is 0 Å². The van der Waals surface area contributed by atoms with Crippen LogP contribution < -0.4 is 16.8 Å². The Kier molecular flexibility index (Phi) is 3.70. The average Bonchev–Trinajstić information content (AvgIpc) is 1.79. The molecule has 0 atom stereocenters. The lowest BCUT2D eigenvalue weighted by Gasteiger charge is -1.92. The van der Waals surface area contributed by atoms with Crippen LogP contribution >= 0.6 is 0 Å². The largest absolute Gasteiger partial charge is 0.366 e. The number of amides is 3. The highest BCUT2D eigenvalue weighted by atomic mass is 16.2. The normalized spacial score (nSPS) is 9.60. The molecule has 0 saturated heterocycles. The number of hydrogen-bond acceptors (Lipinski definition) is 2. The molecule has 56 valence electrons. The van der Waals surface area contributed by atoms with Crippen molar-refractivity contribution in [2.45, 2.75) is 0 Å². The van der Waals surface area contributed by atoms with Crippen LogP contribution in [0.1, 0.15) is 0 Å². The van der Waals surface area contributed by atoms with E-state index in [-0.39, 0.29) is 6.54 Å². The Morgan fingerprint density at radius 1 is 1.40 bits per heavy atom. The molecular weight excluding hydrogens is 134 g/mol. The molecule has 0 radical (unpaired) electrons. The Labute approximate surface area is 58.1 Å². The van der Waals surface area contributed by atoms with Gasteiger partial charge in [-0.25, -0.2) is 4.79 Å². The fraction of sp³-hybridized carbons (Fsp3) is 0.200. The topological polar surface area (TPSA) is 98.2 Å². The van der Waals surface area contributed by atoms with Gasteiger partial charge in [0.05, 0.1) is 0 Å². The van der Waals surface area contributed by atoms with Gasteiger partial charge in [-0.05, 0) is 0 Å². The molecule has 0 rings (SSSR count). The van der Waals surface area contributed by atoms with Gasteiger partial charge in [0.15, 0.2) is 0 Å². The first kappa shape index (κ1) is 8.48. The lowest BCUT2D eigenvalue weighted by Crippen LogP contribution is -2.29. The first-order valence-electron chi connectivity index (χ1n) is 2.62. The van der Waals surface area contributed by atoms with E-state index >= 15 is 0 Å². The number of nitrogens with two attached hydrogens (primary N) is 2. The summed E-state index contributed by atoms with van der Waals surface area (Å²) in [6, 6.07) is -0.630. The van der Waals surface area contributed by atoms with Crippen molar-refractivity contribution >= 4 is 11.9 Å². The van der Waals surface area contributed by atoms with Crippen LogP contribution in [0.5, 0.6) is 0 Å². The van der Waals surface area contributed by atoms with Crippen LogP contribution in [0.4, 0.5) is 4.79 Å². The second-order valence-corrected chi connectivity index (χ2v) is 1.55. The number of nitrogens with one attached hydrogen (secondary N) is 1. The predicted octanol–water partition coefficient (Wildman–Crippen LogP) is -1.30. The summed E-state index contributed by atoms with van der Waals surface area (Å²) in [4.78, 5) is 20.0. The number of rotatable bonds is 3. The molecule has 5 nitrogen and oxygen atoms in total. The van der Waals surface area contributed by atoms with Gasteiger partial charge < -0.3 is 16.8 Å². The molecule has 0 bridgehead atoms. The summed E-state index contributed by atoms with van der Waals surface area (Å²) in [5.74, 6) is -0.550. The van der Waals surface area contributed by atoms with Gasteiger partial charge in [0, 0.05) is 12.6 Å². The molecule has 0 aliphatic heterocycles. The Balaban J connectivity index is 3.36. The Morgan fingerprint density at radius 2 is 2.00 bits per heavy atom. The lowest BCUT2D eigenvalue weighted by atomic mass is 10.5. The molecule has 3 amide bonds. The third-order valence-electron chi connectivity index (χ3n) is 0.676. The van der Waals surface area contributed by atoms with Gasteiger partial charge >= 0.3 is 6.03 Å². The van der Waals surface area contributed by atoms with E-state index in [4.69, 9.17) is 11.5 Å². The summed E-state index contributed by atoms with van der Waals surface area (Å²) >= 11 is 0. The number of carbonyl (C=O) groups excluding carboxylic acids is 2. The molecule has 0 aromatic heterocycles. The third-order valence-corrected chi connectivity index (χ3v) is 0.676. The minimum atomic E-state index is -0.630. The maximum Gasteiger partial charge on any atom is 0.312 e. The van der Waals surface area contributed by atoms with Crippen molar-refractivity contribution in [1.82, 2.24) is 5.32 Å². The molecule has 0 aromatic rings. The fourth-order valence-electron chi connectivity index (χ4n) is 0.335. The monoisotopic (exact) mass is 143 g/mol. The van der Waals surface area contributed by atoms with Crippen molar-refractivity contribution in [3.05, 3.63) is 12.2 Å². The lowest BCUT2D eigenvalue weighted by molar-refractivity contribution is -0.113. The van der Waals surface area contributed by atoms with E-state index in [0.717, 1.165) is 6.08 Å². The zero-order valence-corrected chi connectivity index (χ0v) is 5.33. The molecule has 0 aromatic carbocycles. The van der Waals surface area contributed by atoms with E-state index < -0.39 is 11.9 Å². The van der Waals surface area contributed by atoms with Crippen molar-refractivity contribution in [2.75, 3.05) is 6.54 Å². The van der Waals surface area contributed by atoms with Gasteiger partial charge in [0.25, 0.3) is 0 Å². The summed E-state index contributed by atoms with van der Waals surface area (Å²) in [6.45, 7) is 0.221. The molecule has 0 aliphatic carbocycles.